The zero-order valence-corrected chi connectivity index (χ0v) is 32.3. The second kappa shape index (κ2) is 16.2. The summed E-state index contributed by atoms with van der Waals surface area (Å²) in [5, 5.41) is 3.24. The number of carbonyl (C=O) groups excluding carboxylic acids is 3. The van der Waals surface area contributed by atoms with E-state index in [4.69, 9.17) is 42.4 Å². The van der Waals surface area contributed by atoms with Crippen LogP contribution in [0.2, 0.25) is 10.0 Å². The molecule has 4 amide bonds. The van der Waals surface area contributed by atoms with Crippen LogP contribution in [0.1, 0.15) is 46.1 Å². The number of piperazine rings is 1. The van der Waals surface area contributed by atoms with Crippen molar-refractivity contribution >= 4 is 58.4 Å². The van der Waals surface area contributed by atoms with E-state index in [0.29, 0.717) is 35.5 Å². The first-order chi connectivity index (χ1) is 24.7. The van der Waals surface area contributed by atoms with E-state index in [9.17, 15) is 14.4 Å². The van der Waals surface area contributed by atoms with Crippen molar-refractivity contribution in [2.45, 2.75) is 58.7 Å². The minimum atomic E-state index is -0.853. The van der Waals surface area contributed by atoms with E-state index in [2.05, 4.69) is 34.7 Å². The van der Waals surface area contributed by atoms with Crippen molar-refractivity contribution in [1.82, 2.24) is 20.1 Å². The van der Waals surface area contributed by atoms with E-state index in [1.54, 1.807) is 46.1 Å². The Labute approximate surface area is 315 Å². The van der Waals surface area contributed by atoms with Crippen LogP contribution in [0.15, 0.2) is 54.5 Å². The molecule has 3 heterocycles. The lowest BCUT2D eigenvalue weighted by Gasteiger charge is -2.37. The van der Waals surface area contributed by atoms with Gasteiger partial charge in [-0.2, -0.15) is 0 Å². The average Bonchev–Trinajstić information content (AvgIpc) is 3.32. The monoisotopic (exact) mass is 755 g/mol. The van der Waals surface area contributed by atoms with Crippen LogP contribution in [0, 0.1) is 0 Å². The van der Waals surface area contributed by atoms with Crippen molar-refractivity contribution in [2.75, 3.05) is 68.7 Å². The molecule has 1 atom stereocenters. The Morgan fingerprint density at radius 2 is 1.75 bits per heavy atom. The number of fused-ring (bicyclic) bond motifs is 1. The number of allylic oxidation sites excluding steroid dienone is 2. The predicted molar refractivity (Wildman–Crippen MR) is 204 cm³/mol. The van der Waals surface area contributed by atoms with Gasteiger partial charge in [-0.3, -0.25) is 19.5 Å². The number of hydrogen-bond donors (Lipinski definition) is 1. The number of amides is 4. The van der Waals surface area contributed by atoms with Gasteiger partial charge in [-0.05, 0) is 52.3 Å². The molecule has 2 aromatic rings. The molecule has 1 N–H and O–H groups in total. The lowest BCUT2D eigenvalue weighted by atomic mass is 10.1. The first-order valence-corrected chi connectivity index (χ1v) is 17.9. The molecule has 1 fully saturated rings. The van der Waals surface area contributed by atoms with Gasteiger partial charge in [0.15, 0.2) is 0 Å². The van der Waals surface area contributed by atoms with Crippen molar-refractivity contribution in [3.05, 3.63) is 70.1 Å². The third-order valence-electron chi connectivity index (χ3n) is 9.28. The van der Waals surface area contributed by atoms with Crippen LogP contribution in [-0.2, 0) is 16.1 Å². The molecule has 1 unspecified atom stereocenters. The molecule has 2 aliphatic heterocycles. The Balaban J connectivity index is 1.58. The highest BCUT2D eigenvalue weighted by Gasteiger charge is 2.37. The van der Waals surface area contributed by atoms with Gasteiger partial charge in [0.05, 0.1) is 37.8 Å². The van der Waals surface area contributed by atoms with Crippen LogP contribution >= 0.6 is 23.2 Å². The van der Waals surface area contributed by atoms with Crippen molar-refractivity contribution in [3.8, 4) is 11.5 Å². The predicted octanol–water partition coefficient (Wildman–Crippen LogP) is 6.59. The van der Waals surface area contributed by atoms with Gasteiger partial charge in [0.1, 0.15) is 33.0 Å². The fourth-order valence-electron chi connectivity index (χ4n) is 6.52. The minimum absolute atomic E-state index is 0.0597. The van der Waals surface area contributed by atoms with Crippen LogP contribution in [0.3, 0.4) is 0 Å². The Morgan fingerprint density at radius 3 is 2.33 bits per heavy atom. The standard InChI is InChI=1S/C37H47Cl2N7O6/c1-9-31(47)41-25-13-11-24(44-17-15-43(10-2)16-18-44)12-14-26(25)46(36(49)52-37(3,4)5)30-19-27-23(21-40-30)22-45(35(48)42(27)6)34-32(38)28(50-7)20-29(51-8)33(34)39/h9,12,14,19-21,24H,1,10-11,13,15-18,22H2,2-8H3,(H,41,47). The number of urea groups is 1. The van der Waals surface area contributed by atoms with Crippen molar-refractivity contribution in [1.29, 1.82) is 0 Å². The number of nitrogens with one attached hydrogen (secondary N) is 1. The van der Waals surface area contributed by atoms with E-state index in [-0.39, 0.29) is 45.6 Å². The summed E-state index contributed by atoms with van der Waals surface area (Å²) in [5.41, 5.74) is 1.45. The van der Waals surface area contributed by atoms with Gasteiger partial charge >= 0.3 is 12.1 Å². The molecule has 0 radical (unpaired) electrons. The molecule has 1 aliphatic carbocycles. The first kappa shape index (κ1) is 38.9. The summed E-state index contributed by atoms with van der Waals surface area (Å²) < 4.78 is 16.8. The lowest BCUT2D eigenvalue weighted by Crippen LogP contribution is -2.49. The number of nitrogens with zero attached hydrogens (tertiary/aromatic N) is 6. The molecule has 0 spiro atoms. The van der Waals surface area contributed by atoms with E-state index < -0.39 is 23.6 Å². The highest BCUT2D eigenvalue weighted by atomic mass is 35.5. The zero-order chi connectivity index (χ0) is 37.9. The number of halogens is 2. The summed E-state index contributed by atoms with van der Waals surface area (Å²) in [6.45, 7) is 15.9. The summed E-state index contributed by atoms with van der Waals surface area (Å²) in [4.78, 5) is 54.7. The summed E-state index contributed by atoms with van der Waals surface area (Å²) in [7, 11) is 4.53. The molecule has 0 saturated carbocycles. The van der Waals surface area contributed by atoms with Crippen molar-refractivity contribution in [3.63, 3.8) is 0 Å². The third kappa shape index (κ3) is 8.17. The van der Waals surface area contributed by atoms with Crippen LogP contribution < -0.4 is 29.5 Å². The Kier molecular flexibility index (Phi) is 12.1. The summed E-state index contributed by atoms with van der Waals surface area (Å²) >= 11 is 13.4. The van der Waals surface area contributed by atoms with Gasteiger partial charge in [0, 0.05) is 68.9 Å². The van der Waals surface area contributed by atoms with Gasteiger partial charge in [-0.1, -0.05) is 42.8 Å². The number of anilines is 3. The van der Waals surface area contributed by atoms with Gasteiger partial charge in [0.25, 0.3) is 0 Å². The van der Waals surface area contributed by atoms with Crippen LogP contribution in [0.4, 0.5) is 26.8 Å². The molecule has 1 aromatic heterocycles. The maximum atomic E-state index is 14.2. The minimum Gasteiger partial charge on any atom is -0.495 e. The van der Waals surface area contributed by atoms with E-state index in [1.807, 2.05) is 6.08 Å². The van der Waals surface area contributed by atoms with Gasteiger partial charge in [-0.15, -0.1) is 0 Å². The van der Waals surface area contributed by atoms with E-state index in [0.717, 1.165) is 32.7 Å². The zero-order valence-electron chi connectivity index (χ0n) is 30.8. The highest BCUT2D eigenvalue weighted by Crippen LogP contribution is 2.48. The normalized spacial score (nSPS) is 18.5. The number of methoxy groups -OCH3 is 2. The number of ether oxygens (including phenoxy) is 3. The maximum Gasteiger partial charge on any atom is 0.420 e. The second-order valence-corrected chi connectivity index (χ2v) is 14.4. The third-order valence-corrected chi connectivity index (χ3v) is 10.0. The average molecular weight is 757 g/mol. The van der Waals surface area contributed by atoms with Gasteiger partial charge < -0.3 is 24.4 Å². The first-order valence-electron chi connectivity index (χ1n) is 17.2. The number of aromatic nitrogens is 1. The molecular formula is C37H47Cl2N7O6. The number of benzene rings is 1. The summed E-state index contributed by atoms with van der Waals surface area (Å²) in [6, 6.07) is 2.85. The molecule has 280 valence electrons. The van der Waals surface area contributed by atoms with E-state index in [1.165, 1.54) is 35.0 Å². The molecule has 5 rings (SSSR count). The number of hydrogen-bond acceptors (Lipinski definition) is 9. The smallest absolute Gasteiger partial charge is 0.420 e. The van der Waals surface area contributed by atoms with E-state index >= 15 is 0 Å². The van der Waals surface area contributed by atoms with Crippen molar-refractivity contribution in [2.24, 2.45) is 0 Å². The Bertz CT molecular complexity index is 1760. The number of likely N-dealkylation sites (N-methyl/N-ethyl adjacent to an activating group) is 1. The summed E-state index contributed by atoms with van der Waals surface area (Å²) in [5.74, 6) is 0.362. The van der Waals surface area contributed by atoms with Crippen LogP contribution in [0.25, 0.3) is 0 Å². The fraction of sp³-hybridized carbons (Fsp3) is 0.459. The molecular weight excluding hydrogens is 709 g/mol. The topological polar surface area (TPSA) is 120 Å². The van der Waals surface area contributed by atoms with Crippen molar-refractivity contribution < 1.29 is 28.6 Å². The SMILES string of the molecule is C=CC(=O)NC1=C(N(C(=O)OC(C)(C)C)c2cc3c(cn2)CN(c2c(Cl)c(OC)cc(OC)c2Cl)C(=O)N3C)C=CC(N2CCN(CC)CC2)CC1. The largest absolute Gasteiger partial charge is 0.495 e. The molecule has 3 aliphatic rings. The number of carbonyl (C=O) groups is 3. The van der Waals surface area contributed by atoms with Gasteiger partial charge in [-0.25, -0.2) is 19.5 Å². The molecule has 0 bridgehead atoms. The molecule has 1 saturated heterocycles. The lowest BCUT2D eigenvalue weighted by molar-refractivity contribution is -0.115. The van der Waals surface area contributed by atoms with Crippen LogP contribution in [-0.4, -0.2) is 98.4 Å². The summed E-state index contributed by atoms with van der Waals surface area (Å²) in [6.07, 6.45) is 7.19. The quantitative estimate of drug-likeness (QED) is 0.283. The fourth-order valence-corrected chi connectivity index (χ4v) is 7.22. The van der Waals surface area contributed by atoms with Crippen LogP contribution in [0.5, 0.6) is 11.5 Å². The number of rotatable bonds is 9. The molecule has 13 nitrogen and oxygen atoms in total. The second-order valence-electron chi connectivity index (χ2n) is 13.7. The maximum absolute atomic E-state index is 14.2. The molecule has 15 heteroatoms. The Hall–Kier alpha value is -4.30. The highest BCUT2D eigenvalue weighted by molar-refractivity contribution is 6.42. The number of pyridine rings is 1. The Morgan fingerprint density at radius 1 is 1.10 bits per heavy atom. The van der Waals surface area contributed by atoms with Gasteiger partial charge in [0.2, 0.25) is 5.91 Å². The molecule has 1 aromatic carbocycles. The molecule has 52 heavy (non-hydrogen) atoms.